The Balaban J connectivity index is 1.87. The standard InChI is InChI=1S/C19H20N4O3S/c1-13-12-17(16-6-4-5-7-18(16)26-2)22-19(20-13)21-14-8-10-15(11-9-14)23-27(3,24)25/h4-12,23H,1-3H3,(H,20,21,22). The Morgan fingerprint density at radius 3 is 2.30 bits per heavy atom. The van der Waals surface area contributed by atoms with Crippen LogP contribution in [0.5, 0.6) is 5.75 Å². The van der Waals surface area contributed by atoms with Crippen LogP contribution in [0.4, 0.5) is 17.3 Å². The number of anilines is 3. The highest BCUT2D eigenvalue weighted by Crippen LogP contribution is 2.29. The predicted octanol–water partition coefficient (Wildman–Crippen LogP) is 3.58. The zero-order valence-corrected chi connectivity index (χ0v) is 16.0. The molecule has 1 aromatic heterocycles. The maximum absolute atomic E-state index is 11.3. The quantitative estimate of drug-likeness (QED) is 0.675. The van der Waals surface area contributed by atoms with Gasteiger partial charge in [-0.25, -0.2) is 18.4 Å². The minimum atomic E-state index is -3.30. The van der Waals surface area contributed by atoms with Crippen molar-refractivity contribution in [1.29, 1.82) is 0 Å². The van der Waals surface area contributed by atoms with Crippen molar-refractivity contribution in [3.8, 4) is 17.0 Å². The van der Waals surface area contributed by atoms with Crippen molar-refractivity contribution in [1.82, 2.24) is 9.97 Å². The molecule has 0 unspecified atom stereocenters. The van der Waals surface area contributed by atoms with Gasteiger partial charge in [0.05, 0.1) is 19.1 Å². The number of rotatable bonds is 6. The molecule has 27 heavy (non-hydrogen) atoms. The van der Waals surface area contributed by atoms with Gasteiger partial charge in [0.1, 0.15) is 5.75 Å². The molecule has 0 aliphatic rings. The summed E-state index contributed by atoms with van der Waals surface area (Å²) in [6, 6.07) is 16.4. The van der Waals surface area contributed by atoms with Crippen LogP contribution in [0.2, 0.25) is 0 Å². The van der Waals surface area contributed by atoms with Gasteiger partial charge in [0, 0.05) is 22.6 Å². The molecule has 2 N–H and O–H groups in total. The predicted molar refractivity (Wildman–Crippen MR) is 107 cm³/mol. The fraction of sp³-hybridized carbons (Fsp3) is 0.158. The number of aryl methyl sites for hydroxylation is 1. The van der Waals surface area contributed by atoms with E-state index in [9.17, 15) is 8.42 Å². The topological polar surface area (TPSA) is 93.2 Å². The van der Waals surface area contributed by atoms with E-state index in [1.54, 1.807) is 31.4 Å². The molecule has 2 aromatic carbocycles. The number of hydrogen-bond acceptors (Lipinski definition) is 6. The summed E-state index contributed by atoms with van der Waals surface area (Å²) in [7, 11) is -1.68. The Morgan fingerprint density at radius 2 is 1.63 bits per heavy atom. The SMILES string of the molecule is COc1ccccc1-c1cc(C)nc(Nc2ccc(NS(C)(=O)=O)cc2)n1. The number of aromatic nitrogens is 2. The first-order chi connectivity index (χ1) is 12.8. The normalized spacial score (nSPS) is 11.1. The van der Waals surface area contributed by atoms with Gasteiger partial charge in [-0.3, -0.25) is 4.72 Å². The molecule has 3 rings (SSSR count). The van der Waals surface area contributed by atoms with Gasteiger partial charge in [-0.2, -0.15) is 0 Å². The summed E-state index contributed by atoms with van der Waals surface area (Å²) >= 11 is 0. The van der Waals surface area contributed by atoms with E-state index in [1.807, 2.05) is 37.3 Å². The number of para-hydroxylation sites is 1. The molecule has 0 fully saturated rings. The fourth-order valence-electron chi connectivity index (χ4n) is 2.58. The van der Waals surface area contributed by atoms with E-state index in [1.165, 1.54) is 0 Å². The number of methoxy groups -OCH3 is 1. The molecule has 0 radical (unpaired) electrons. The summed E-state index contributed by atoms with van der Waals surface area (Å²) in [5.41, 5.74) is 3.66. The second-order valence-electron chi connectivity index (χ2n) is 6.00. The van der Waals surface area contributed by atoms with Crippen molar-refractivity contribution in [3.63, 3.8) is 0 Å². The molecule has 140 valence electrons. The van der Waals surface area contributed by atoms with Crippen molar-refractivity contribution < 1.29 is 13.2 Å². The average molecular weight is 384 g/mol. The van der Waals surface area contributed by atoms with Crippen LogP contribution < -0.4 is 14.8 Å². The summed E-state index contributed by atoms with van der Waals surface area (Å²) in [5, 5.41) is 3.14. The Kier molecular flexibility index (Phi) is 5.27. The molecule has 0 saturated heterocycles. The monoisotopic (exact) mass is 384 g/mol. The van der Waals surface area contributed by atoms with E-state index in [4.69, 9.17) is 4.74 Å². The number of nitrogens with zero attached hydrogens (tertiary/aromatic N) is 2. The largest absolute Gasteiger partial charge is 0.496 e. The van der Waals surface area contributed by atoms with Gasteiger partial charge in [-0.15, -0.1) is 0 Å². The molecule has 7 nitrogen and oxygen atoms in total. The van der Waals surface area contributed by atoms with Crippen LogP contribution in [-0.4, -0.2) is 31.8 Å². The van der Waals surface area contributed by atoms with E-state index < -0.39 is 10.0 Å². The number of hydrogen-bond donors (Lipinski definition) is 2. The van der Waals surface area contributed by atoms with Crippen LogP contribution in [0, 0.1) is 6.92 Å². The molecule has 0 bridgehead atoms. The molecule has 3 aromatic rings. The van der Waals surface area contributed by atoms with Crippen LogP contribution in [0.25, 0.3) is 11.3 Å². The zero-order valence-electron chi connectivity index (χ0n) is 15.2. The first-order valence-electron chi connectivity index (χ1n) is 8.18. The van der Waals surface area contributed by atoms with Gasteiger partial charge in [0.25, 0.3) is 0 Å². The van der Waals surface area contributed by atoms with Gasteiger partial charge in [-0.1, -0.05) is 12.1 Å². The molecule has 0 aliphatic carbocycles. The highest BCUT2D eigenvalue weighted by atomic mass is 32.2. The average Bonchev–Trinajstić information content (AvgIpc) is 2.61. The highest BCUT2D eigenvalue weighted by Gasteiger charge is 2.10. The lowest BCUT2D eigenvalue weighted by atomic mass is 10.1. The van der Waals surface area contributed by atoms with Crippen molar-refractivity contribution >= 4 is 27.3 Å². The van der Waals surface area contributed by atoms with Crippen LogP contribution in [0.15, 0.2) is 54.6 Å². The summed E-state index contributed by atoms with van der Waals surface area (Å²) in [6.45, 7) is 1.89. The molecule has 1 heterocycles. The van der Waals surface area contributed by atoms with E-state index in [-0.39, 0.29) is 0 Å². The van der Waals surface area contributed by atoms with Crippen molar-refractivity contribution in [2.24, 2.45) is 0 Å². The van der Waals surface area contributed by atoms with Crippen LogP contribution >= 0.6 is 0 Å². The molecule has 0 spiro atoms. The zero-order chi connectivity index (χ0) is 19.4. The van der Waals surface area contributed by atoms with Gasteiger partial charge in [-0.05, 0) is 49.4 Å². The van der Waals surface area contributed by atoms with E-state index >= 15 is 0 Å². The molecular weight excluding hydrogens is 364 g/mol. The maximum Gasteiger partial charge on any atom is 0.229 e. The fourth-order valence-corrected chi connectivity index (χ4v) is 3.15. The Bertz CT molecular complexity index is 1050. The second kappa shape index (κ2) is 7.63. The van der Waals surface area contributed by atoms with Crippen molar-refractivity contribution in [2.45, 2.75) is 6.92 Å². The third kappa shape index (κ3) is 4.95. The summed E-state index contributed by atoms with van der Waals surface area (Å²) in [5.74, 6) is 1.18. The van der Waals surface area contributed by atoms with Crippen LogP contribution in [0.1, 0.15) is 5.69 Å². The lowest BCUT2D eigenvalue weighted by Gasteiger charge is -2.11. The minimum absolute atomic E-state index is 0.444. The Labute approximate surface area is 158 Å². The second-order valence-corrected chi connectivity index (χ2v) is 7.74. The smallest absolute Gasteiger partial charge is 0.229 e. The lowest BCUT2D eigenvalue weighted by Crippen LogP contribution is -2.09. The molecule has 0 saturated carbocycles. The summed E-state index contributed by atoms with van der Waals surface area (Å²) < 4.78 is 30.4. The Hall–Kier alpha value is -3.13. The number of nitrogens with one attached hydrogen (secondary N) is 2. The van der Waals surface area contributed by atoms with Crippen molar-refractivity contribution in [2.75, 3.05) is 23.4 Å². The third-order valence-electron chi connectivity index (χ3n) is 3.68. The van der Waals surface area contributed by atoms with E-state index in [0.717, 1.165) is 34.6 Å². The summed E-state index contributed by atoms with van der Waals surface area (Å²) in [6.07, 6.45) is 1.11. The molecular formula is C19H20N4O3S. The first-order valence-corrected chi connectivity index (χ1v) is 10.1. The minimum Gasteiger partial charge on any atom is -0.496 e. The van der Waals surface area contributed by atoms with Crippen LogP contribution in [-0.2, 0) is 10.0 Å². The maximum atomic E-state index is 11.3. The van der Waals surface area contributed by atoms with Gasteiger partial charge < -0.3 is 10.1 Å². The van der Waals surface area contributed by atoms with Crippen molar-refractivity contribution in [3.05, 3.63) is 60.3 Å². The first kappa shape index (κ1) is 18.7. The van der Waals surface area contributed by atoms with Crippen LogP contribution in [0.3, 0.4) is 0 Å². The molecule has 0 atom stereocenters. The number of sulfonamides is 1. The van der Waals surface area contributed by atoms with Gasteiger partial charge in [0.15, 0.2) is 0 Å². The Morgan fingerprint density at radius 1 is 0.963 bits per heavy atom. The lowest BCUT2D eigenvalue weighted by molar-refractivity contribution is 0.416. The van der Waals surface area contributed by atoms with E-state index in [0.29, 0.717) is 11.6 Å². The van der Waals surface area contributed by atoms with Gasteiger partial charge in [0.2, 0.25) is 16.0 Å². The van der Waals surface area contributed by atoms with E-state index in [2.05, 4.69) is 20.0 Å². The molecule has 0 amide bonds. The summed E-state index contributed by atoms with van der Waals surface area (Å²) in [4.78, 5) is 8.99. The molecule has 0 aliphatic heterocycles. The number of ether oxygens (including phenoxy) is 1. The third-order valence-corrected chi connectivity index (χ3v) is 4.29. The van der Waals surface area contributed by atoms with Gasteiger partial charge >= 0.3 is 0 Å². The highest BCUT2D eigenvalue weighted by molar-refractivity contribution is 7.92. The number of benzene rings is 2. The molecule has 8 heteroatoms.